The largest absolute Gasteiger partial charge is 0.464 e. The zero-order valence-corrected chi connectivity index (χ0v) is 11.8. The van der Waals surface area contributed by atoms with Crippen LogP contribution in [0.2, 0.25) is 0 Å². The zero-order chi connectivity index (χ0) is 14.3. The van der Waals surface area contributed by atoms with Gasteiger partial charge in [0.1, 0.15) is 12.0 Å². The third-order valence-electron chi connectivity index (χ3n) is 2.73. The monoisotopic (exact) mass is 288 g/mol. The molecule has 0 aliphatic heterocycles. The van der Waals surface area contributed by atoms with E-state index in [0.717, 1.165) is 11.0 Å². The SMILES string of the molecule is O=S(=O)(C=COc1ccccc1)CCc1ccccc1. The van der Waals surface area contributed by atoms with E-state index in [1.807, 2.05) is 48.5 Å². The summed E-state index contributed by atoms with van der Waals surface area (Å²) < 4.78 is 28.9. The molecule has 0 bridgehead atoms. The fourth-order valence-electron chi connectivity index (χ4n) is 1.66. The second-order valence-electron chi connectivity index (χ2n) is 4.31. The van der Waals surface area contributed by atoms with Crippen LogP contribution in [0.15, 0.2) is 72.3 Å². The molecule has 2 rings (SSSR count). The van der Waals surface area contributed by atoms with E-state index in [4.69, 9.17) is 4.74 Å². The number of sulfone groups is 1. The molecular formula is C16H16O3S. The van der Waals surface area contributed by atoms with E-state index < -0.39 is 9.84 Å². The van der Waals surface area contributed by atoms with Crippen molar-refractivity contribution in [1.82, 2.24) is 0 Å². The Kier molecular flexibility index (Phi) is 4.96. The minimum atomic E-state index is -3.26. The summed E-state index contributed by atoms with van der Waals surface area (Å²) in [4.78, 5) is 0. The molecule has 0 amide bonds. The van der Waals surface area contributed by atoms with Crippen molar-refractivity contribution < 1.29 is 13.2 Å². The highest BCUT2D eigenvalue weighted by atomic mass is 32.2. The maximum absolute atomic E-state index is 11.8. The molecule has 0 aromatic heterocycles. The number of benzene rings is 2. The Morgan fingerprint density at radius 3 is 2.15 bits per heavy atom. The second kappa shape index (κ2) is 6.91. The topological polar surface area (TPSA) is 43.4 Å². The lowest BCUT2D eigenvalue weighted by Crippen LogP contribution is -2.05. The molecule has 2 aromatic rings. The molecule has 0 unspecified atom stereocenters. The van der Waals surface area contributed by atoms with E-state index in [2.05, 4.69) is 0 Å². The molecule has 0 aliphatic rings. The van der Waals surface area contributed by atoms with Gasteiger partial charge in [-0.3, -0.25) is 0 Å². The molecule has 4 heteroatoms. The molecule has 3 nitrogen and oxygen atoms in total. The van der Waals surface area contributed by atoms with Crippen LogP contribution in [0, 0.1) is 0 Å². The molecule has 0 N–H and O–H groups in total. The third kappa shape index (κ3) is 4.90. The standard InChI is InChI=1S/C16H16O3S/c17-20(18,13-11-15-7-3-1-4-8-15)14-12-19-16-9-5-2-6-10-16/h1-10,12,14H,11,13H2. The van der Waals surface area contributed by atoms with Crippen molar-refractivity contribution >= 4 is 9.84 Å². The van der Waals surface area contributed by atoms with Gasteiger partial charge in [-0.1, -0.05) is 48.5 Å². The van der Waals surface area contributed by atoms with E-state index in [1.165, 1.54) is 6.26 Å². The van der Waals surface area contributed by atoms with Gasteiger partial charge in [0.15, 0.2) is 9.84 Å². The van der Waals surface area contributed by atoms with Crippen molar-refractivity contribution in [2.75, 3.05) is 5.75 Å². The minimum absolute atomic E-state index is 0.0751. The van der Waals surface area contributed by atoms with E-state index >= 15 is 0 Å². The van der Waals surface area contributed by atoms with Crippen LogP contribution in [-0.4, -0.2) is 14.2 Å². The first-order chi connectivity index (χ1) is 9.66. The highest BCUT2D eigenvalue weighted by molar-refractivity contribution is 7.94. The van der Waals surface area contributed by atoms with Crippen molar-refractivity contribution in [1.29, 1.82) is 0 Å². The highest BCUT2D eigenvalue weighted by Crippen LogP contribution is 2.09. The summed E-state index contributed by atoms with van der Waals surface area (Å²) in [5.74, 6) is 0.688. The van der Waals surface area contributed by atoms with Crippen LogP contribution in [0.5, 0.6) is 5.75 Å². The lowest BCUT2D eigenvalue weighted by molar-refractivity contribution is 0.481. The Balaban J connectivity index is 1.88. The van der Waals surface area contributed by atoms with Gasteiger partial charge in [-0.15, -0.1) is 0 Å². The van der Waals surface area contributed by atoms with E-state index in [-0.39, 0.29) is 5.75 Å². The summed E-state index contributed by atoms with van der Waals surface area (Å²) in [5, 5.41) is 1.11. The summed E-state index contributed by atoms with van der Waals surface area (Å²) in [6, 6.07) is 18.6. The van der Waals surface area contributed by atoms with Gasteiger partial charge in [0.2, 0.25) is 0 Å². The Morgan fingerprint density at radius 2 is 1.50 bits per heavy atom. The number of hydrogen-bond acceptors (Lipinski definition) is 3. The molecule has 0 saturated heterocycles. The van der Waals surface area contributed by atoms with E-state index in [1.54, 1.807) is 12.1 Å². The van der Waals surface area contributed by atoms with Crippen molar-refractivity contribution in [2.24, 2.45) is 0 Å². The van der Waals surface area contributed by atoms with Crippen LogP contribution < -0.4 is 4.74 Å². The van der Waals surface area contributed by atoms with Gasteiger partial charge in [0.05, 0.1) is 11.2 Å². The molecule has 0 saturated carbocycles. The maximum Gasteiger partial charge on any atom is 0.174 e. The molecule has 0 heterocycles. The Labute approximate surface area is 119 Å². The molecular weight excluding hydrogens is 272 g/mol. The van der Waals surface area contributed by atoms with E-state index in [0.29, 0.717) is 12.2 Å². The summed E-state index contributed by atoms with van der Waals surface area (Å²) in [5.41, 5.74) is 1.01. The van der Waals surface area contributed by atoms with Crippen LogP contribution in [0.3, 0.4) is 0 Å². The number of ether oxygens (including phenoxy) is 1. The fraction of sp³-hybridized carbons (Fsp3) is 0.125. The summed E-state index contributed by atoms with van der Waals surface area (Å²) in [6.07, 6.45) is 1.72. The Morgan fingerprint density at radius 1 is 0.900 bits per heavy atom. The first-order valence-corrected chi connectivity index (χ1v) is 8.02. The number of hydrogen-bond donors (Lipinski definition) is 0. The Bertz CT molecular complexity index is 647. The number of rotatable bonds is 6. The van der Waals surface area contributed by atoms with Crippen molar-refractivity contribution in [2.45, 2.75) is 6.42 Å². The van der Waals surface area contributed by atoms with Gasteiger partial charge >= 0.3 is 0 Å². The quantitative estimate of drug-likeness (QED) is 0.767. The molecule has 0 atom stereocenters. The van der Waals surface area contributed by atoms with Crippen molar-refractivity contribution in [3.05, 3.63) is 77.9 Å². The first-order valence-electron chi connectivity index (χ1n) is 6.31. The predicted octanol–water partition coefficient (Wildman–Crippen LogP) is 3.19. The third-order valence-corrected chi connectivity index (χ3v) is 4.03. The van der Waals surface area contributed by atoms with Gasteiger partial charge in [0.25, 0.3) is 0 Å². The van der Waals surface area contributed by atoms with Crippen LogP contribution in [-0.2, 0) is 16.3 Å². The molecule has 20 heavy (non-hydrogen) atoms. The molecule has 0 spiro atoms. The second-order valence-corrected chi connectivity index (χ2v) is 6.31. The number of para-hydroxylation sites is 1. The van der Waals surface area contributed by atoms with Crippen LogP contribution >= 0.6 is 0 Å². The van der Waals surface area contributed by atoms with Gasteiger partial charge < -0.3 is 4.74 Å². The lowest BCUT2D eigenvalue weighted by atomic mass is 10.2. The highest BCUT2D eigenvalue weighted by Gasteiger charge is 2.06. The van der Waals surface area contributed by atoms with Crippen LogP contribution in [0.4, 0.5) is 0 Å². The molecule has 104 valence electrons. The van der Waals surface area contributed by atoms with Crippen LogP contribution in [0.25, 0.3) is 0 Å². The minimum Gasteiger partial charge on any atom is -0.464 e. The smallest absolute Gasteiger partial charge is 0.174 e. The predicted molar refractivity (Wildman–Crippen MR) is 80.1 cm³/mol. The van der Waals surface area contributed by atoms with Gasteiger partial charge in [-0.05, 0) is 24.1 Å². The van der Waals surface area contributed by atoms with Crippen molar-refractivity contribution in [3.63, 3.8) is 0 Å². The average molecular weight is 288 g/mol. The lowest BCUT2D eigenvalue weighted by Gasteiger charge is -2.01. The maximum atomic E-state index is 11.8. The Hall–Kier alpha value is -2.07. The van der Waals surface area contributed by atoms with Gasteiger partial charge in [0, 0.05) is 0 Å². The van der Waals surface area contributed by atoms with Gasteiger partial charge in [-0.2, -0.15) is 0 Å². The number of aryl methyl sites for hydroxylation is 1. The summed E-state index contributed by atoms with van der Waals surface area (Å²) in [6.45, 7) is 0. The van der Waals surface area contributed by atoms with E-state index in [9.17, 15) is 8.42 Å². The zero-order valence-electron chi connectivity index (χ0n) is 11.0. The molecule has 2 aromatic carbocycles. The molecule has 0 aliphatic carbocycles. The van der Waals surface area contributed by atoms with Crippen molar-refractivity contribution in [3.8, 4) is 5.75 Å². The summed E-state index contributed by atoms with van der Waals surface area (Å²) >= 11 is 0. The average Bonchev–Trinajstić information content (AvgIpc) is 2.47. The molecule has 0 fully saturated rings. The molecule has 0 radical (unpaired) electrons. The van der Waals surface area contributed by atoms with Crippen LogP contribution in [0.1, 0.15) is 5.56 Å². The normalized spacial score (nSPS) is 11.6. The summed E-state index contributed by atoms with van der Waals surface area (Å²) in [7, 11) is -3.26. The first kappa shape index (κ1) is 14.3. The fourth-order valence-corrected chi connectivity index (χ4v) is 2.54. The van der Waals surface area contributed by atoms with Gasteiger partial charge in [-0.25, -0.2) is 8.42 Å².